The largest absolute Gasteiger partial charge is 0.396 e. The molecule has 0 aliphatic heterocycles. The van der Waals surface area contributed by atoms with Crippen LogP contribution in [0.4, 0.5) is 11.4 Å². The number of nitrogen functional groups attached to an aromatic ring is 1. The van der Waals surface area contributed by atoms with E-state index in [1.165, 1.54) is 32.1 Å². The van der Waals surface area contributed by atoms with Gasteiger partial charge < -0.3 is 10.6 Å². The Labute approximate surface area is 120 Å². The van der Waals surface area contributed by atoms with E-state index in [2.05, 4.69) is 35.1 Å². The summed E-state index contributed by atoms with van der Waals surface area (Å²) in [6, 6.07) is 8.17. The van der Waals surface area contributed by atoms with Gasteiger partial charge >= 0.3 is 0 Å². The average Bonchev–Trinajstić information content (AvgIpc) is 2.49. The molecular weight excluding hydrogens is 246 g/mol. The quantitative estimate of drug-likeness (QED) is 0.861. The fourth-order valence-electron chi connectivity index (χ4n) is 3.35. The van der Waals surface area contributed by atoms with Gasteiger partial charge in [0.25, 0.3) is 0 Å². The zero-order valence-corrected chi connectivity index (χ0v) is 12.2. The van der Waals surface area contributed by atoms with Crippen molar-refractivity contribution in [1.29, 1.82) is 0 Å². The van der Waals surface area contributed by atoms with Gasteiger partial charge in [0.05, 0.1) is 16.9 Å². The van der Waals surface area contributed by atoms with E-state index in [-0.39, 0.29) is 0 Å². The van der Waals surface area contributed by atoms with Crippen molar-refractivity contribution in [2.75, 3.05) is 24.2 Å². The number of nitrogens with two attached hydrogens (primary N) is 1. The van der Waals surface area contributed by atoms with Crippen molar-refractivity contribution in [3.8, 4) is 0 Å². The number of rotatable bonds is 3. The van der Waals surface area contributed by atoms with Crippen LogP contribution in [-0.2, 0) is 0 Å². The molecule has 20 heavy (non-hydrogen) atoms. The third kappa shape index (κ3) is 2.58. The van der Waals surface area contributed by atoms with Gasteiger partial charge in [-0.2, -0.15) is 0 Å². The van der Waals surface area contributed by atoms with Gasteiger partial charge in [0.15, 0.2) is 0 Å². The van der Waals surface area contributed by atoms with E-state index in [1.807, 2.05) is 12.3 Å². The highest BCUT2D eigenvalue weighted by Crippen LogP contribution is 2.32. The van der Waals surface area contributed by atoms with Crippen LogP contribution in [0.1, 0.15) is 32.1 Å². The summed E-state index contributed by atoms with van der Waals surface area (Å²) in [4.78, 5) is 6.68. The Hall–Kier alpha value is -1.77. The molecule has 1 saturated carbocycles. The summed E-state index contributed by atoms with van der Waals surface area (Å²) in [6.45, 7) is 1.11. The lowest BCUT2D eigenvalue weighted by Crippen LogP contribution is -2.27. The smallest absolute Gasteiger partial charge is 0.0724 e. The first-order valence-corrected chi connectivity index (χ1v) is 7.60. The number of fused-ring (bicyclic) bond motifs is 1. The second-order valence-electron chi connectivity index (χ2n) is 5.95. The first-order chi connectivity index (χ1) is 9.75. The minimum absolute atomic E-state index is 0.817. The van der Waals surface area contributed by atoms with E-state index >= 15 is 0 Å². The molecule has 0 amide bonds. The van der Waals surface area contributed by atoms with E-state index in [4.69, 9.17) is 5.73 Å². The lowest BCUT2D eigenvalue weighted by molar-refractivity contribution is 0.362. The maximum absolute atomic E-state index is 6.34. The van der Waals surface area contributed by atoms with E-state index in [0.29, 0.717) is 0 Å². The molecule has 0 unspecified atom stereocenters. The molecule has 106 valence electrons. The van der Waals surface area contributed by atoms with Crippen LogP contribution in [0.25, 0.3) is 10.9 Å². The van der Waals surface area contributed by atoms with Gasteiger partial charge in [-0.1, -0.05) is 19.3 Å². The number of aromatic nitrogens is 1. The zero-order valence-electron chi connectivity index (χ0n) is 12.2. The van der Waals surface area contributed by atoms with E-state index in [9.17, 15) is 0 Å². The highest BCUT2D eigenvalue weighted by Gasteiger charge is 2.17. The van der Waals surface area contributed by atoms with Crippen molar-refractivity contribution in [1.82, 2.24) is 4.98 Å². The summed E-state index contributed by atoms with van der Waals surface area (Å²) in [5, 5.41) is 1.06. The molecule has 2 aromatic rings. The van der Waals surface area contributed by atoms with Gasteiger partial charge in [0.1, 0.15) is 0 Å². The summed E-state index contributed by atoms with van der Waals surface area (Å²) >= 11 is 0. The number of nitrogens with zero attached hydrogens (tertiary/aromatic N) is 2. The monoisotopic (exact) mass is 269 g/mol. The molecule has 3 nitrogen and oxygen atoms in total. The maximum atomic E-state index is 6.34. The topological polar surface area (TPSA) is 42.2 Å². The molecule has 0 spiro atoms. The number of hydrogen-bond acceptors (Lipinski definition) is 3. The van der Waals surface area contributed by atoms with Gasteiger partial charge in [0.2, 0.25) is 0 Å². The highest BCUT2D eigenvalue weighted by atomic mass is 15.1. The first kappa shape index (κ1) is 13.2. The van der Waals surface area contributed by atoms with E-state index in [1.54, 1.807) is 0 Å². The Morgan fingerprint density at radius 2 is 2.00 bits per heavy atom. The molecule has 0 bridgehead atoms. The molecule has 1 aromatic heterocycles. The fourth-order valence-corrected chi connectivity index (χ4v) is 3.35. The van der Waals surface area contributed by atoms with Crippen LogP contribution >= 0.6 is 0 Å². The minimum Gasteiger partial charge on any atom is -0.396 e. The predicted molar refractivity (Wildman–Crippen MR) is 86.0 cm³/mol. The molecule has 1 aliphatic carbocycles. The van der Waals surface area contributed by atoms with Crippen molar-refractivity contribution in [2.45, 2.75) is 32.1 Å². The molecule has 3 rings (SSSR count). The lowest BCUT2D eigenvalue weighted by Gasteiger charge is -2.29. The van der Waals surface area contributed by atoms with Crippen LogP contribution in [0.3, 0.4) is 0 Å². The Morgan fingerprint density at radius 3 is 2.80 bits per heavy atom. The molecule has 1 aliphatic rings. The third-order valence-corrected chi connectivity index (χ3v) is 4.47. The Bertz CT molecular complexity index is 588. The number of hydrogen-bond donors (Lipinski definition) is 1. The van der Waals surface area contributed by atoms with Crippen molar-refractivity contribution < 1.29 is 0 Å². The second-order valence-corrected chi connectivity index (χ2v) is 5.95. The fraction of sp³-hybridized carbons (Fsp3) is 0.471. The van der Waals surface area contributed by atoms with E-state index in [0.717, 1.165) is 34.7 Å². The van der Waals surface area contributed by atoms with Crippen LogP contribution in [0, 0.1) is 5.92 Å². The highest BCUT2D eigenvalue weighted by molar-refractivity contribution is 5.97. The summed E-state index contributed by atoms with van der Waals surface area (Å²) in [7, 11) is 2.16. The third-order valence-electron chi connectivity index (χ3n) is 4.47. The van der Waals surface area contributed by atoms with Gasteiger partial charge in [-0.3, -0.25) is 4.98 Å². The molecule has 0 radical (unpaired) electrons. The number of anilines is 2. The standard InChI is InChI=1S/C17H23N3/c1-20(12-13-6-3-2-4-7-13)16-10-9-15-14(17(16)18)8-5-11-19-15/h5,8-11,13H,2-4,6-7,12,18H2,1H3. The second kappa shape index (κ2) is 5.70. The molecule has 1 aromatic carbocycles. The van der Waals surface area contributed by atoms with E-state index < -0.39 is 0 Å². The average molecular weight is 269 g/mol. The molecule has 0 atom stereocenters. The number of benzene rings is 1. The molecule has 1 heterocycles. The summed E-state index contributed by atoms with van der Waals surface area (Å²) < 4.78 is 0. The molecular formula is C17H23N3. The Morgan fingerprint density at radius 1 is 1.20 bits per heavy atom. The van der Waals surface area contributed by atoms with Crippen molar-refractivity contribution in [3.05, 3.63) is 30.5 Å². The summed E-state index contributed by atoms with van der Waals surface area (Å²) in [5.74, 6) is 0.817. The predicted octanol–water partition coefficient (Wildman–Crippen LogP) is 3.83. The minimum atomic E-state index is 0.817. The van der Waals surface area contributed by atoms with Crippen molar-refractivity contribution >= 4 is 22.3 Å². The van der Waals surface area contributed by atoms with Crippen LogP contribution in [0.15, 0.2) is 30.5 Å². The summed E-state index contributed by atoms with van der Waals surface area (Å²) in [5.41, 5.74) is 9.31. The van der Waals surface area contributed by atoms with Crippen molar-refractivity contribution in [2.24, 2.45) is 5.92 Å². The van der Waals surface area contributed by atoms with Crippen molar-refractivity contribution in [3.63, 3.8) is 0 Å². The Kier molecular flexibility index (Phi) is 3.77. The molecule has 2 N–H and O–H groups in total. The number of pyridine rings is 1. The first-order valence-electron chi connectivity index (χ1n) is 7.60. The maximum Gasteiger partial charge on any atom is 0.0724 e. The summed E-state index contributed by atoms with van der Waals surface area (Å²) in [6.07, 6.45) is 8.71. The van der Waals surface area contributed by atoms with Gasteiger partial charge in [-0.25, -0.2) is 0 Å². The van der Waals surface area contributed by atoms with Crippen LogP contribution in [0.2, 0.25) is 0 Å². The van der Waals surface area contributed by atoms with Gasteiger partial charge in [-0.05, 0) is 43.0 Å². The lowest BCUT2D eigenvalue weighted by atomic mass is 9.89. The normalized spacial score (nSPS) is 16.4. The van der Waals surface area contributed by atoms with Gasteiger partial charge in [-0.15, -0.1) is 0 Å². The van der Waals surface area contributed by atoms with Crippen LogP contribution < -0.4 is 10.6 Å². The molecule has 1 fully saturated rings. The zero-order chi connectivity index (χ0) is 13.9. The SMILES string of the molecule is CN(CC1CCCCC1)c1ccc2ncccc2c1N. The van der Waals surface area contributed by atoms with Crippen LogP contribution in [-0.4, -0.2) is 18.6 Å². The van der Waals surface area contributed by atoms with Crippen LogP contribution in [0.5, 0.6) is 0 Å². The van der Waals surface area contributed by atoms with Gasteiger partial charge in [0, 0.05) is 25.2 Å². The molecule has 3 heteroatoms. The Balaban J connectivity index is 1.83. The molecule has 0 saturated heterocycles.